The molecule has 1 fully saturated rings. The Morgan fingerprint density at radius 1 is 1.06 bits per heavy atom. The molecule has 2 nitrogen and oxygen atoms in total. The third-order valence-corrected chi connectivity index (χ3v) is 4.50. The minimum atomic E-state index is 0.273. The van der Waals surface area contributed by atoms with Gasteiger partial charge in [0.2, 0.25) is 0 Å². The van der Waals surface area contributed by atoms with Crippen molar-refractivity contribution in [3.63, 3.8) is 0 Å². The molecule has 1 saturated heterocycles. The van der Waals surface area contributed by atoms with Crippen molar-refractivity contribution in [2.45, 2.75) is 44.9 Å². The zero-order valence-corrected chi connectivity index (χ0v) is 11.6. The molecule has 16 heavy (non-hydrogen) atoms. The molecule has 0 radical (unpaired) electrons. The van der Waals surface area contributed by atoms with Crippen LogP contribution in [0.1, 0.15) is 44.9 Å². The number of hydrogen-bond acceptors (Lipinski definition) is 3. The summed E-state index contributed by atoms with van der Waals surface area (Å²) in [6, 6.07) is 0. The van der Waals surface area contributed by atoms with Crippen molar-refractivity contribution in [2.75, 3.05) is 25.4 Å². The molecule has 0 aromatic rings. The largest absolute Gasteiger partial charge is 0.396 e. The van der Waals surface area contributed by atoms with Crippen LogP contribution in [0.3, 0.4) is 0 Å². The van der Waals surface area contributed by atoms with Crippen LogP contribution in [0.2, 0.25) is 0 Å². The molecular weight excluding hydrogens is 238 g/mol. The van der Waals surface area contributed by atoms with Gasteiger partial charge in [0.05, 0.1) is 0 Å². The van der Waals surface area contributed by atoms with Gasteiger partial charge in [0.15, 0.2) is 0 Å². The molecular formula is C12H23NOS2. The third kappa shape index (κ3) is 6.06. The van der Waals surface area contributed by atoms with Crippen molar-refractivity contribution < 1.29 is 5.11 Å². The lowest BCUT2D eigenvalue weighted by Gasteiger charge is -2.24. The molecule has 0 aliphatic carbocycles. The van der Waals surface area contributed by atoms with Crippen molar-refractivity contribution in [3.8, 4) is 0 Å². The molecule has 4 heteroatoms. The predicted molar refractivity (Wildman–Crippen MR) is 76.0 cm³/mol. The maximum atomic E-state index is 8.74. The Morgan fingerprint density at radius 2 is 1.62 bits per heavy atom. The van der Waals surface area contributed by atoms with E-state index in [4.69, 9.17) is 17.3 Å². The number of hydrogen-bond donors (Lipinski definition) is 1. The Bertz CT molecular complexity index is 189. The van der Waals surface area contributed by atoms with Crippen molar-refractivity contribution in [1.82, 2.24) is 4.90 Å². The van der Waals surface area contributed by atoms with Crippen LogP contribution in [-0.4, -0.2) is 39.8 Å². The van der Waals surface area contributed by atoms with Crippen LogP contribution in [0, 0.1) is 0 Å². The third-order valence-electron chi connectivity index (χ3n) is 2.89. The minimum Gasteiger partial charge on any atom is -0.396 e. The first-order valence-corrected chi connectivity index (χ1v) is 7.76. The van der Waals surface area contributed by atoms with E-state index in [9.17, 15) is 0 Å². The van der Waals surface area contributed by atoms with Gasteiger partial charge in [-0.25, -0.2) is 0 Å². The summed E-state index contributed by atoms with van der Waals surface area (Å²) in [5.74, 6) is 0.950. The average Bonchev–Trinajstić information content (AvgIpc) is 2.42. The molecule has 0 spiro atoms. The van der Waals surface area contributed by atoms with Crippen LogP contribution in [0.4, 0.5) is 0 Å². The zero-order valence-electron chi connectivity index (χ0n) is 9.99. The first-order valence-electron chi connectivity index (χ1n) is 6.37. The van der Waals surface area contributed by atoms with Crippen molar-refractivity contribution in [1.29, 1.82) is 0 Å². The number of thiocarbonyl (C=S) groups is 1. The summed E-state index contributed by atoms with van der Waals surface area (Å²) >= 11 is 7.17. The normalized spacial score (nSPS) is 18.7. The highest BCUT2D eigenvalue weighted by molar-refractivity contribution is 8.22. The van der Waals surface area contributed by atoms with Crippen molar-refractivity contribution in [3.05, 3.63) is 0 Å². The maximum absolute atomic E-state index is 8.74. The van der Waals surface area contributed by atoms with E-state index in [1.807, 2.05) is 0 Å². The fourth-order valence-electron chi connectivity index (χ4n) is 1.92. The molecule has 1 aliphatic rings. The van der Waals surface area contributed by atoms with E-state index in [0.29, 0.717) is 0 Å². The SMILES string of the molecule is OCCCSC(=S)N1CCCCCCCC1. The minimum absolute atomic E-state index is 0.273. The van der Waals surface area contributed by atoms with Crippen LogP contribution in [0.5, 0.6) is 0 Å². The summed E-state index contributed by atoms with van der Waals surface area (Å²) in [6.07, 6.45) is 8.87. The molecule has 94 valence electrons. The molecule has 0 aromatic carbocycles. The Kier molecular flexibility index (Phi) is 8.25. The van der Waals surface area contributed by atoms with E-state index in [1.54, 1.807) is 11.8 Å². The van der Waals surface area contributed by atoms with Gasteiger partial charge in [-0.3, -0.25) is 0 Å². The molecule has 0 atom stereocenters. The number of aliphatic hydroxyl groups is 1. The Morgan fingerprint density at radius 3 is 2.19 bits per heavy atom. The summed E-state index contributed by atoms with van der Waals surface area (Å²) in [4.78, 5) is 2.36. The fourth-order valence-corrected chi connectivity index (χ4v) is 3.17. The van der Waals surface area contributed by atoms with Crippen LogP contribution in [0.25, 0.3) is 0 Å². The van der Waals surface area contributed by atoms with Crippen LogP contribution in [-0.2, 0) is 0 Å². The highest BCUT2D eigenvalue weighted by Gasteiger charge is 2.10. The highest BCUT2D eigenvalue weighted by Crippen LogP contribution is 2.16. The van der Waals surface area contributed by atoms with E-state index in [0.717, 1.165) is 29.6 Å². The van der Waals surface area contributed by atoms with Gasteiger partial charge in [-0.15, -0.1) is 0 Å². The number of nitrogens with zero attached hydrogens (tertiary/aromatic N) is 1. The van der Waals surface area contributed by atoms with E-state index in [-0.39, 0.29) is 6.61 Å². The molecule has 0 saturated carbocycles. The second-order valence-electron chi connectivity index (χ2n) is 4.30. The molecule has 1 heterocycles. The lowest BCUT2D eigenvalue weighted by Crippen LogP contribution is -2.29. The summed E-state index contributed by atoms with van der Waals surface area (Å²) < 4.78 is 1.04. The second kappa shape index (κ2) is 9.25. The van der Waals surface area contributed by atoms with E-state index >= 15 is 0 Å². The van der Waals surface area contributed by atoms with E-state index in [2.05, 4.69) is 4.90 Å². The van der Waals surface area contributed by atoms with E-state index in [1.165, 1.54) is 38.5 Å². The summed E-state index contributed by atoms with van der Waals surface area (Å²) in [5, 5.41) is 8.74. The molecule has 0 aromatic heterocycles. The van der Waals surface area contributed by atoms with Gasteiger partial charge in [-0.05, 0) is 19.3 Å². The van der Waals surface area contributed by atoms with Crippen LogP contribution in [0.15, 0.2) is 0 Å². The van der Waals surface area contributed by atoms with Crippen LogP contribution >= 0.6 is 24.0 Å². The molecule has 0 bridgehead atoms. The fraction of sp³-hybridized carbons (Fsp3) is 0.917. The second-order valence-corrected chi connectivity index (χ2v) is 6.03. The van der Waals surface area contributed by atoms with Gasteiger partial charge in [0.1, 0.15) is 4.32 Å². The van der Waals surface area contributed by atoms with Gasteiger partial charge >= 0.3 is 0 Å². The standard InChI is InChI=1S/C12H23NOS2/c14-10-7-11-16-12(15)13-8-5-3-1-2-4-6-9-13/h14H,1-11H2. The van der Waals surface area contributed by atoms with Gasteiger partial charge in [0, 0.05) is 25.4 Å². The highest BCUT2D eigenvalue weighted by atomic mass is 32.2. The molecule has 1 aliphatic heterocycles. The summed E-state index contributed by atoms with van der Waals surface area (Å²) in [6.45, 7) is 2.53. The van der Waals surface area contributed by atoms with Gasteiger partial charge < -0.3 is 10.0 Å². The smallest absolute Gasteiger partial charge is 0.136 e. The lowest BCUT2D eigenvalue weighted by molar-refractivity contribution is 0.296. The first-order chi connectivity index (χ1) is 7.84. The lowest BCUT2D eigenvalue weighted by atomic mass is 10.1. The number of thioether (sulfide) groups is 1. The zero-order chi connectivity index (χ0) is 11.6. The van der Waals surface area contributed by atoms with Gasteiger partial charge in [-0.1, -0.05) is 49.7 Å². The Balaban J connectivity index is 2.26. The monoisotopic (exact) mass is 261 g/mol. The summed E-state index contributed by atoms with van der Waals surface area (Å²) in [5.41, 5.74) is 0. The summed E-state index contributed by atoms with van der Waals surface area (Å²) in [7, 11) is 0. The maximum Gasteiger partial charge on any atom is 0.136 e. The first kappa shape index (κ1) is 14.3. The molecule has 0 amide bonds. The molecule has 0 unspecified atom stereocenters. The molecule has 1 N–H and O–H groups in total. The van der Waals surface area contributed by atoms with Crippen molar-refractivity contribution in [2.24, 2.45) is 0 Å². The number of rotatable bonds is 3. The Labute approximate surface area is 109 Å². The van der Waals surface area contributed by atoms with Gasteiger partial charge in [-0.2, -0.15) is 0 Å². The Hall–Kier alpha value is 0.200. The topological polar surface area (TPSA) is 23.5 Å². The average molecular weight is 261 g/mol. The van der Waals surface area contributed by atoms with Gasteiger partial charge in [0.25, 0.3) is 0 Å². The van der Waals surface area contributed by atoms with Crippen molar-refractivity contribution >= 4 is 28.3 Å². The molecule has 1 rings (SSSR count). The quantitative estimate of drug-likeness (QED) is 0.623. The predicted octanol–water partition coefficient (Wildman–Crippen LogP) is 3.04. The van der Waals surface area contributed by atoms with Crippen LogP contribution < -0.4 is 0 Å². The number of aliphatic hydroxyl groups excluding tert-OH is 1. The van der Waals surface area contributed by atoms with E-state index < -0.39 is 0 Å².